The van der Waals surface area contributed by atoms with Crippen molar-refractivity contribution in [3.05, 3.63) is 77.9 Å². The summed E-state index contributed by atoms with van der Waals surface area (Å²) in [5.41, 5.74) is 6.32. The molecule has 1 saturated heterocycles. The zero-order valence-electron chi connectivity index (χ0n) is 58.8. The zero-order valence-corrected chi connectivity index (χ0v) is 58.8. The largest absolute Gasteiger partial charge is 0.445 e. The number of alkyl carbamates (subject to hydrolysis) is 1. The Labute approximate surface area is 561 Å². The molecule has 532 valence electrons. The molecule has 12 atom stereocenters. The van der Waals surface area contributed by atoms with Crippen LogP contribution in [0.1, 0.15) is 142 Å². The third-order valence-electron chi connectivity index (χ3n) is 17.3. The molecule has 11 amide bonds. The Morgan fingerprint density at radius 3 is 1.98 bits per heavy atom. The molecule has 0 spiro atoms. The van der Waals surface area contributed by atoms with Gasteiger partial charge in [0, 0.05) is 64.8 Å². The molecule has 3 rings (SSSR count). The van der Waals surface area contributed by atoms with Gasteiger partial charge in [-0.15, -0.1) is 0 Å². The molecule has 0 bridgehead atoms. The van der Waals surface area contributed by atoms with E-state index in [-0.39, 0.29) is 73.5 Å². The number of aliphatic hydroxyl groups is 1. The summed E-state index contributed by atoms with van der Waals surface area (Å²) in [6.45, 7) is 22.2. The summed E-state index contributed by atoms with van der Waals surface area (Å²) < 4.78 is 22.9. The number of methoxy groups -OCH3 is 2. The van der Waals surface area contributed by atoms with Crippen molar-refractivity contribution in [3.8, 4) is 0 Å². The van der Waals surface area contributed by atoms with Gasteiger partial charge in [0.1, 0.15) is 37.4 Å². The van der Waals surface area contributed by atoms with Crippen molar-refractivity contribution in [3.63, 3.8) is 0 Å². The number of ether oxygens (including phenoxy) is 4. The summed E-state index contributed by atoms with van der Waals surface area (Å²) in [6.07, 6.45) is -0.342. The molecule has 1 heterocycles. The van der Waals surface area contributed by atoms with Gasteiger partial charge in [0.15, 0.2) is 0 Å². The molecule has 2 aromatic carbocycles. The number of likely N-dealkylation sites (tertiary alicyclic amines) is 1. The number of carbonyl (C=O) groups is 10. The third kappa shape index (κ3) is 25.0. The van der Waals surface area contributed by atoms with Gasteiger partial charge in [-0.1, -0.05) is 118 Å². The summed E-state index contributed by atoms with van der Waals surface area (Å²) in [5.74, 6) is -5.95. The fourth-order valence-corrected chi connectivity index (χ4v) is 11.7. The smallest absolute Gasteiger partial charge is 0.410 e. The lowest BCUT2D eigenvalue weighted by Crippen LogP contribution is -2.60. The van der Waals surface area contributed by atoms with Crippen LogP contribution >= 0.6 is 0 Å². The summed E-state index contributed by atoms with van der Waals surface area (Å²) >= 11 is 0. The van der Waals surface area contributed by atoms with Gasteiger partial charge < -0.3 is 81.7 Å². The Kier molecular flexibility index (Phi) is 34.7. The highest BCUT2D eigenvalue weighted by Gasteiger charge is 2.44. The Hall–Kier alpha value is -7.88. The summed E-state index contributed by atoms with van der Waals surface area (Å²) in [6, 6.07) is 6.27. The predicted molar refractivity (Wildman–Crippen MR) is 361 cm³/mol. The average molecular weight is 1340 g/mol. The van der Waals surface area contributed by atoms with Gasteiger partial charge in [0.25, 0.3) is 5.91 Å². The minimum atomic E-state index is -1.22. The molecular formula is C68H110N12O15. The number of nitrogens with one attached hydrogen (secondary N) is 7. The molecular weight excluding hydrogens is 1220 g/mol. The number of primary amides is 1. The molecule has 1 aliphatic rings. The van der Waals surface area contributed by atoms with Crippen molar-refractivity contribution >= 4 is 65.3 Å². The van der Waals surface area contributed by atoms with Crippen LogP contribution < -0.4 is 43.0 Å². The first kappa shape index (κ1) is 81.4. The van der Waals surface area contributed by atoms with E-state index in [1.807, 2.05) is 51.0 Å². The molecule has 27 heteroatoms. The second-order valence-electron chi connectivity index (χ2n) is 25.8. The number of anilines is 1. The Morgan fingerprint density at radius 2 is 1.40 bits per heavy atom. The van der Waals surface area contributed by atoms with Crippen molar-refractivity contribution in [1.29, 1.82) is 0 Å². The maximum absolute atomic E-state index is 14.9. The summed E-state index contributed by atoms with van der Waals surface area (Å²) in [4.78, 5) is 144. The lowest BCUT2D eigenvalue weighted by Gasteiger charge is -2.41. The number of nitrogens with zero attached hydrogens (tertiary/aromatic N) is 4. The Bertz CT molecular complexity index is 2840. The van der Waals surface area contributed by atoms with Crippen molar-refractivity contribution < 1.29 is 72.0 Å². The predicted octanol–water partition coefficient (Wildman–Crippen LogP) is 5.07. The van der Waals surface area contributed by atoms with Crippen LogP contribution in [0.3, 0.4) is 0 Å². The van der Waals surface area contributed by atoms with Crippen LogP contribution in [0.4, 0.5) is 20.1 Å². The standard InChI is InChI=1S/C68H110N12O15/c1-18-36-94-67(90)76-54(40(3)4)63(86)74-50(28-23-32-71-66(69)89)62(85)73-48-31-30-47(49(37-48)61(84)70-33-25-34-77(12)13)39-95-68(91)79(15)56(42(7)8)64(87)75-55(41(5)6)65(88)78(14)57(43(9)19-2)52(92-16)38-53(81)80-35-24-29-51(80)59(93-17)44(10)60(83)72-45(11)58(82)46-26-21-20-22-27-46/h18,20-22,26-27,30-31,37,40-45,50-52,54-59,82H,1,19,23-25,28-29,32-36,38-39H2,2-17H3,(H,70,84)(H,72,83)(H,73,85)(H,74,86)(H,75,87)(H,76,90)(H3,69,71,89)/t43-,44+,45+,50-,51-,52+,54-,55-,56-,57-,58+,59+/m0/s1. The summed E-state index contributed by atoms with van der Waals surface area (Å²) in [7, 11) is 9.80. The number of nitrogens with two attached hydrogens (primary N) is 1. The first-order chi connectivity index (χ1) is 44.8. The first-order valence-electron chi connectivity index (χ1n) is 32.9. The Balaban J connectivity index is 1.86. The number of aliphatic hydroxyl groups excluding tert-OH is 1. The number of likely N-dealkylation sites (N-methyl/N-ethyl adjacent to an activating group) is 2. The monoisotopic (exact) mass is 1330 g/mol. The van der Waals surface area contributed by atoms with Gasteiger partial charge >= 0.3 is 18.2 Å². The highest BCUT2D eigenvalue weighted by Crippen LogP contribution is 2.31. The Morgan fingerprint density at radius 1 is 0.747 bits per heavy atom. The maximum atomic E-state index is 14.9. The summed E-state index contributed by atoms with van der Waals surface area (Å²) in [5, 5.41) is 30.1. The first-order valence-corrected chi connectivity index (χ1v) is 32.9. The molecule has 0 saturated carbocycles. The minimum absolute atomic E-state index is 0.00932. The number of amides is 11. The van der Waals surface area contributed by atoms with E-state index >= 15 is 0 Å². The lowest BCUT2D eigenvalue weighted by atomic mass is 9.89. The van der Waals surface area contributed by atoms with Crippen LogP contribution in [-0.4, -0.2) is 214 Å². The van der Waals surface area contributed by atoms with Gasteiger partial charge in [-0.05, 0) is 101 Å². The molecule has 0 radical (unpaired) electrons. The number of hydrogen-bond acceptors (Lipinski definition) is 16. The highest BCUT2D eigenvalue weighted by atomic mass is 16.6. The van der Waals surface area contributed by atoms with E-state index in [4.69, 9.17) is 24.7 Å². The number of benzene rings is 2. The van der Waals surface area contributed by atoms with Crippen molar-refractivity contribution in [2.45, 2.75) is 181 Å². The van der Waals surface area contributed by atoms with Gasteiger partial charge in [-0.2, -0.15) is 0 Å². The molecule has 2 aromatic rings. The topological polar surface area (TPSA) is 351 Å². The highest BCUT2D eigenvalue weighted by molar-refractivity contribution is 6.01. The van der Waals surface area contributed by atoms with E-state index in [1.165, 1.54) is 50.4 Å². The van der Waals surface area contributed by atoms with Gasteiger partial charge in [-0.3, -0.25) is 38.5 Å². The van der Waals surface area contributed by atoms with Crippen LogP contribution in [0, 0.1) is 29.6 Å². The molecule has 95 heavy (non-hydrogen) atoms. The fourth-order valence-electron chi connectivity index (χ4n) is 11.7. The van der Waals surface area contributed by atoms with E-state index in [2.05, 4.69) is 43.8 Å². The fraction of sp³-hybridized carbons (Fsp3) is 0.647. The average Bonchev–Trinajstić information content (AvgIpc) is 1.81. The molecule has 10 N–H and O–H groups in total. The minimum Gasteiger partial charge on any atom is -0.445 e. The van der Waals surface area contributed by atoms with Crippen LogP contribution in [0.25, 0.3) is 0 Å². The van der Waals surface area contributed by atoms with E-state index < -0.39 is 139 Å². The maximum Gasteiger partial charge on any atom is 0.410 e. The van der Waals surface area contributed by atoms with Crippen molar-refractivity contribution in [1.82, 2.24) is 51.5 Å². The van der Waals surface area contributed by atoms with Gasteiger partial charge in [0.2, 0.25) is 35.4 Å². The van der Waals surface area contributed by atoms with Gasteiger partial charge in [-0.25, -0.2) is 14.4 Å². The second-order valence-corrected chi connectivity index (χ2v) is 25.8. The van der Waals surface area contributed by atoms with E-state index in [1.54, 1.807) is 79.5 Å². The number of urea groups is 1. The number of hydrogen-bond donors (Lipinski definition) is 9. The molecule has 1 fully saturated rings. The van der Waals surface area contributed by atoms with Gasteiger partial charge in [0.05, 0.1) is 48.8 Å². The normalized spacial score (nSPS) is 16.5. The van der Waals surface area contributed by atoms with Crippen molar-refractivity contribution in [2.75, 3.05) is 80.5 Å². The number of carbonyl (C=O) groups excluding carboxylic acids is 10. The van der Waals surface area contributed by atoms with Crippen molar-refractivity contribution in [2.24, 2.45) is 35.3 Å². The molecule has 0 unspecified atom stereocenters. The quantitative estimate of drug-likeness (QED) is 0.0312. The van der Waals surface area contributed by atoms with Crippen LogP contribution in [0.15, 0.2) is 61.2 Å². The molecule has 27 nitrogen and oxygen atoms in total. The van der Waals surface area contributed by atoms with E-state index in [0.717, 1.165) is 4.90 Å². The van der Waals surface area contributed by atoms with Crippen LogP contribution in [0.5, 0.6) is 0 Å². The SMILES string of the molecule is C=CCOC(=O)N[C@H](C(=O)N[C@@H](CCCNC(N)=O)C(=O)Nc1ccc(COC(=O)N(C)[C@H](C(=O)N[C@H](C(=O)N(C)[C@@H]([C@@H](C)CC)[C@@H](CC(=O)N2CCC[C@H]2[C@H](OC)[C@@H](C)C(=O)N[C@H](C)[C@@H](O)c2ccccc2)OC)C(C)C)C(C)C)c(C(=O)NCCCN(C)C)c1)C(C)C. The molecule has 1 aliphatic heterocycles. The second kappa shape index (κ2) is 40.5. The van der Waals surface area contributed by atoms with Crippen LogP contribution in [-0.2, 0) is 54.3 Å². The van der Waals surface area contributed by atoms with Crippen LogP contribution in [0.2, 0.25) is 0 Å². The third-order valence-corrected chi connectivity index (χ3v) is 17.3. The molecule has 0 aromatic heterocycles. The zero-order chi connectivity index (χ0) is 71.4. The number of rotatable bonds is 39. The van der Waals surface area contributed by atoms with E-state index in [9.17, 15) is 53.1 Å². The van der Waals surface area contributed by atoms with E-state index in [0.29, 0.717) is 44.3 Å². The lowest BCUT2D eigenvalue weighted by molar-refractivity contribution is -0.148. The molecule has 0 aliphatic carbocycles.